The number of aryl methyl sites for hydroxylation is 1. The van der Waals surface area contributed by atoms with Gasteiger partial charge in [0.1, 0.15) is 22.9 Å². The molecule has 2 aliphatic rings. The highest BCUT2D eigenvalue weighted by Gasteiger charge is 2.29. The molecule has 2 N–H and O–H groups in total. The maximum atomic E-state index is 12.6. The fraction of sp³-hybridized carbons (Fsp3) is 0.500. The number of hydrogen-bond acceptors (Lipinski definition) is 4. The Morgan fingerprint density at radius 3 is 2.76 bits per heavy atom. The summed E-state index contributed by atoms with van der Waals surface area (Å²) in [5, 5.41) is 1.43. The van der Waals surface area contributed by atoms with Crippen molar-refractivity contribution in [3.63, 3.8) is 0 Å². The zero-order valence-corrected chi connectivity index (χ0v) is 15.1. The molecule has 25 heavy (non-hydrogen) atoms. The number of allylic oxidation sites excluding steroid dienone is 2. The van der Waals surface area contributed by atoms with Crippen molar-refractivity contribution < 1.29 is 4.79 Å². The summed E-state index contributed by atoms with van der Waals surface area (Å²) in [6.45, 7) is 1.82. The van der Waals surface area contributed by atoms with Gasteiger partial charge >= 0.3 is 0 Å². The van der Waals surface area contributed by atoms with E-state index < -0.39 is 0 Å². The first-order valence-corrected chi connectivity index (χ1v) is 9.18. The van der Waals surface area contributed by atoms with Crippen molar-refractivity contribution in [2.45, 2.75) is 32.1 Å². The van der Waals surface area contributed by atoms with Gasteiger partial charge in [-0.1, -0.05) is 17.7 Å². The Balaban J connectivity index is 1.65. The molecule has 1 amide bonds. The van der Waals surface area contributed by atoms with Gasteiger partial charge in [-0.05, 0) is 37.7 Å². The second kappa shape index (κ2) is 6.33. The number of amides is 1. The number of nitrogens with zero attached hydrogens (tertiary/aromatic N) is 4. The van der Waals surface area contributed by atoms with Gasteiger partial charge in [0.25, 0.3) is 0 Å². The third-order valence-corrected chi connectivity index (χ3v) is 5.87. The van der Waals surface area contributed by atoms with Gasteiger partial charge in [-0.15, -0.1) is 0 Å². The van der Waals surface area contributed by atoms with Gasteiger partial charge in [-0.2, -0.15) is 0 Å². The molecule has 2 aromatic rings. The lowest BCUT2D eigenvalue weighted by molar-refractivity contribution is -0.134. The summed E-state index contributed by atoms with van der Waals surface area (Å²) >= 11 is 6.57. The Kier molecular flexibility index (Phi) is 4.15. The molecule has 6 nitrogen and oxygen atoms in total. The maximum Gasteiger partial charge on any atom is 0.226 e. The van der Waals surface area contributed by atoms with Gasteiger partial charge in [0.05, 0.1) is 5.39 Å². The van der Waals surface area contributed by atoms with Crippen LogP contribution in [0, 0.1) is 5.92 Å². The normalized spacial score (nSPS) is 21.0. The molecule has 132 valence electrons. The average molecular weight is 360 g/mol. The van der Waals surface area contributed by atoms with Crippen LogP contribution in [0.1, 0.15) is 37.7 Å². The van der Waals surface area contributed by atoms with Crippen molar-refractivity contribution in [1.29, 1.82) is 0 Å². The molecule has 1 aliphatic heterocycles. The Morgan fingerprint density at radius 2 is 2.08 bits per heavy atom. The van der Waals surface area contributed by atoms with E-state index in [2.05, 4.69) is 16.0 Å². The van der Waals surface area contributed by atoms with Crippen molar-refractivity contribution in [3.8, 4) is 0 Å². The molecule has 4 rings (SSSR count). The topological polar surface area (TPSA) is 77.0 Å². The highest BCUT2D eigenvalue weighted by atomic mass is 35.5. The minimum atomic E-state index is 0.0872. The lowest BCUT2D eigenvalue weighted by Gasteiger charge is -2.26. The van der Waals surface area contributed by atoms with E-state index >= 15 is 0 Å². The van der Waals surface area contributed by atoms with E-state index in [1.54, 1.807) is 0 Å². The van der Waals surface area contributed by atoms with Crippen LogP contribution in [0.2, 0.25) is 5.15 Å². The number of nitrogen functional groups attached to an aromatic ring is 1. The van der Waals surface area contributed by atoms with Crippen molar-refractivity contribution in [2.24, 2.45) is 13.0 Å². The van der Waals surface area contributed by atoms with Gasteiger partial charge in [0.2, 0.25) is 5.91 Å². The SMILES string of the molecule is Cn1c(Cl)c(C2=CC[C@H](C(=O)N3CCCC3)CC2)c2c(N)ncnc21. The number of carbonyl (C=O) groups excluding carboxylic acids is 1. The van der Waals surface area contributed by atoms with E-state index in [4.69, 9.17) is 17.3 Å². The second-order valence-electron chi connectivity index (χ2n) is 6.92. The molecule has 1 atom stereocenters. The molecule has 3 heterocycles. The van der Waals surface area contributed by atoms with Gasteiger partial charge in [0.15, 0.2) is 0 Å². The molecule has 1 fully saturated rings. The minimum Gasteiger partial charge on any atom is -0.383 e. The van der Waals surface area contributed by atoms with E-state index in [9.17, 15) is 4.79 Å². The van der Waals surface area contributed by atoms with Gasteiger partial charge in [-0.25, -0.2) is 9.97 Å². The van der Waals surface area contributed by atoms with Gasteiger partial charge < -0.3 is 15.2 Å². The summed E-state index contributed by atoms with van der Waals surface area (Å²) in [5.41, 5.74) is 8.89. The first-order chi connectivity index (χ1) is 12.1. The van der Waals surface area contributed by atoms with Gasteiger partial charge in [0, 0.05) is 31.6 Å². The fourth-order valence-corrected chi connectivity index (χ4v) is 4.32. The van der Waals surface area contributed by atoms with Crippen LogP contribution < -0.4 is 5.73 Å². The lowest BCUT2D eigenvalue weighted by atomic mass is 9.86. The van der Waals surface area contributed by atoms with Crippen LogP contribution in [-0.2, 0) is 11.8 Å². The molecule has 2 aromatic heterocycles. The molecule has 0 unspecified atom stereocenters. The van der Waals surface area contributed by atoms with E-state index in [-0.39, 0.29) is 5.92 Å². The first kappa shape index (κ1) is 16.4. The number of fused-ring (bicyclic) bond motifs is 1. The molecule has 0 spiro atoms. The molecular formula is C18H22ClN5O. The Hall–Kier alpha value is -2.08. The molecule has 1 saturated heterocycles. The summed E-state index contributed by atoms with van der Waals surface area (Å²) in [5.74, 6) is 0.836. The van der Waals surface area contributed by atoms with Crippen LogP contribution in [0.4, 0.5) is 5.82 Å². The predicted octanol–water partition coefficient (Wildman–Crippen LogP) is 3.01. The Morgan fingerprint density at radius 1 is 1.32 bits per heavy atom. The monoisotopic (exact) mass is 359 g/mol. The lowest BCUT2D eigenvalue weighted by Crippen LogP contribution is -2.34. The largest absolute Gasteiger partial charge is 0.383 e. The van der Waals surface area contributed by atoms with Crippen LogP contribution >= 0.6 is 11.6 Å². The number of anilines is 1. The number of nitrogens with two attached hydrogens (primary N) is 1. The minimum absolute atomic E-state index is 0.0872. The number of rotatable bonds is 2. The summed E-state index contributed by atoms with van der Waals surface area (Å²) in [6.07, 6.45) is 8.28. The first-order valence-electron chi connectivity index (χ1n) is 8.80. The molecular weight excluding hydrogens is 338 g/mol. The van der Waals surface area contributed by atoms with Crippen LogP contribution in [-0.4, -0.2) is 38.4 Å². The van der Waals surface area contributed by atoms with Crippen molar-refractivity contribution in [3.05, 3.63) is 23.1 Å². The number of likely N-dealkylation sites (tertiary alicyclic amines) is 1. The van der Waals surface area contributed by atoms with Crippen molar-refractivity contribution in [2.75, 3.05) is 18.8 Å². The number of hydrogen-bond donors (Lipinski definition) is 1. The predicted molar refractivity (Wildman–Crippen MR) is 99.1 cm³/mol. The smallest absolute Gasteiger partial charge is 0.226 e. The quantitative estimate of drug-likeness (QED) is 0.894. The highest BCUT2D eigenvalue weighted by Crippen LogP contribution is 2.40. The summed E-state index contributed by atoms with van der Waals surface area (Å²) in [7, 11) is 1.88. The Labute approximate surface area is 151 Å². The molecule has 1 aliphatic carbocycles. The molecule has 7 heteroatoms. The zero-order chi connectivity index (χ0) is 17.6. The van der Waals surface area contributed by atoms with Crippen molar-refractivity contribution >= 4 is 39.9 Å². The van der Waals surface area contributed by atoms with Crippen LogP contribution in [0.5, 0.6) is 0 Å². The maximum absolute atomic E-state index is 12.6. The zero-order valence-electron chi connectivity index (χ0n) is 14.3. The van der Waals surface area contributed by atoms with Crippen LogP contribution in [0.15, 0.2) is 12.4 Å². The Bertz CT molecular complexity index is 866. The third-order valence-electron chi connectivity index (χ3n) is 5.42. The highest BCUT2D eigenvalue weighted by molar-refractivity contribution is 6.33. The van der Waals surface area contributed by atoms with E-state index in [1.165, 1.54) is 6.33 Å². The second-order valence-corrected chi connectivity index (χ2v) is 7.27. The fourth-order valence-electron chi connectivity index (χ4n) is 4.02. The van der Waals surface area contributed by atoms with E-state index in [1.807, 2.05) is 16.5 Å². The van der Waals surface area contributed by atoms with E-state index in [0.29, 0.717) is 16.9 Å². The average Bonchev–Trinajstić information content (AvgIpc) is 3.24. The van der Waals surface area contributed by atoms with E-state index in [0.717, 1.165) is 67.4 Å². The molecule has 0 radical (unpaired) electrons. The standard InChI is InChI=1S/C18H22ClN5O/c1-23-15(19)13(14-16(20)21-10-22-17(14)23)11-4-6-12(7-5-11)18(25)24-8-2-3-9-24/h4,10,12H,2-3,5-9H2,1H3,(H2,20,21,22)/t12-/m0/s1. The number of halogens is 1. The van der Waals surface area contributed by atoms with Crippen LogP contribution in [0.25, 0.3) is 16.6 Å². The number of aromatic nitrogens is 3. The summed E-state index contributed by atoms with van der Waals surface area (Å²) in [4.78, 5) is 23.1. The molecule has 0 aromatic carbocycles. The summed E-state index contributed by atoms with van der Waals surface area (Å²) < 4.78 is 1.84. The molecule has 0 saturated carbocycles. The van der Waals surface area contributed by atoms with Crippen molar-refractivity contribution in [1.82, 2.24) is 19.4 Å². The molecule has 0 bridgehead atoms. The third kappa shape index (κ3) is 2.68. The van der Waals surface area contributed by atoms with Gasteiger partial charge in [-0.3, -0.25) is 4.79 Å². The van der Waals surface area contributed by atoms with Crippen LogP contribution in [0.3, 0.4) is 0 Å². The summed E-state index contributed by atoms with van der Waals surface area (Å²) in [6, 6.07) is 0. The number of carbonyl (C=O) groups is 1.